The number of thioether (sulfide) groups is 1. The molecule has 1 aliphatic heterocycles. The first-order valence-corrected chi connectivity index (χ1v) is 12.8. The number of hydrogen-bond donors (Lipinski definition) is 0. The van der Waals surface area contributed by atoms with Crippen LogP contribution in [0.25, 0.3) is 0 Å². The van der Waals surface area contributed by atoms with Gasteiger partial charge in [-0.3, -0.25) is 24.1 Å². The van der Waals surface area contributed by atoms with E-state index in [0.717, 1.165) is 25.7 Å². The molecule has 2 fully saturated rings. The summed E-state index contributed by atoms with van der Waals surface area (Å²) in [6.07, 6.45) is 4.48. The number of likely N-dealkylation sites (tertiary alicyclic amines) is 1. The Morgan fingerprint density at radius 1 is 1.00 bits per heavy atom. The van der Waals surface area contributed by atoms with Crippen LogP contribution in [0.15, 0.2) is 0 Å². The van der Waals surface area contributed by atoms with Crippen molar-refractivity contribution in [1.82, 2.24) is 4.90 Å². The van der Waals surface area contributed by atoms with Gasteiger partial charge < -0.3 is 0 Å². The van der Waals surface area contributed by atoms with Crippen LogP contribution < -0.4 is 0 Å². The number of Topliss-reactive ketones (excluding diaryl/α,β-unsaturated/α-hetero) is 2. The van der Waals surface area contributed by atoms with Gasteiger partial charge in [-0.05, 0) is 38.0 Å². The van der Waals surface area contributed by atoms with E-state index in [0.29, 0.717) is 24.7 Å². The van der Waals surface area contributed by atoms with Gasteiger partial charge in [0.25, 0.3) is 0 Å². The molecule has 1 heterocycles. The summed E-state index contributed by atoms with van der Waals surface area (Å²) in [4.78, 5) is 51.6. The highest BCUT2D eigenvalue weighted by Crippen LogP contribution is 2.40. The summed E-state index contributed by atoms with van der Waals surface area (Å²) < 4.78 is -0.254. The van der Waals surface area contributed by atoms with Crippen molar-refractivity contribution < 1.29 is 19.2 Å². The summed E-state index contributed by atoms with van der Waals surface area (Å²) in [5.41, 5.74) is 0. The second kappa shape index (κ2) is 10.6. The SMILES string of the molecule is CC(C)C(=O)C(C)CC(C)(C)SC1CC(=O)N(CC2CCC(C(=O)C(C)C)CC2)C1=O. The van der Waals surface area contributed by atoms with Crippen molar-refractivity contribution in [2.45, 2.75) is 97.0 Å². The highest BCUT2D eigenvalue weighted by molar-refractivity contribution is 8.02. The van der Waals surface area contributed by atoms with Gasteiger partial charge >= 0.3 is 0 Å². The Bertz CT molecular complexity index is 692. The smallest absolute Gasteiger partial charge is 0.242 e. The first-order valence-electron chi connectivity index (χ1n) is 11.9. The van der Waals surface area contributed by atoms with E-state index >= 15 is 0 Å². The standard InChI is InChI=1S/C25H41NO4S/c1-15(2)22(28)17(5)13-25(6,7)31-20-12-21(27)26(24(20)30)14-18-8-10-19(11-9-18)23(29)16(3)4/h15-20H,8-14H2,1-7H3. The largest absolute Gasteiger partial charge is 0.299 e. The molecule has 0 aromatic carbocycles. The van der Waals surface area contributed by atoms with Crippen LogP contribution in [0.4, 0.5) is 0 Å². The normalized spacial score (nSPS) is 26.1. The first-order chi connectivity index (χ1) is 14.3. The monoisotopic (exact) mass is 451 g/mol. The molecule has 176 valence electrons. The van der Waals surface area contributed by atoms with Crippen molar-refractivity contribution in [3.8, 4) is 0 Å². The van der Waals surface area contributed by atoms with Crippen LogP contribution in [-0.2, 0) is 19.2 Å². The van der Waals surface area contributed by atoms with Gasteiger partial charge in [-0.1, -0.05) is 48.5 Å². The minimum absolute atomic E-state index is 0.00639. The summed E-state index contributed by atoms with van der Waals surface area (Å²) in [6, 6.07) is 0. The van der Waals surface area contributed by atoms with E-state index in [1.165, 1.54) is 4.90 Å². The minimum atomic E-state index is -0.359. The van der Waals surface area contributed by atoms with Crippen LogP contribution in [0, 0.1) is 29.6 Å². The number of amides is 2. The summed E-state index contributed by atoms with van der Waals surface area (Å²) in [5.74, 6) is 0.887. The second-order valence-corrected chi connectivity index (χ2v) is 12.8. The summed E-state index contributed by atoms with van der Waals surface area (Å²) in [7, 11) is 0. The van der Waals surface area contributed by atoms with Crippen molar-refractivity contribution in [3.05, 3.63) is 0 Å². The predicted octanol–water partition coefficient (Wildman–Crippen LogP) is 4.91. The Morgan fingerprint density at radius 3 is 2.10 bits per heavy atom. The van der Waals surface area contributed by atoms with Gasteiger partial charge in [0.15, 0.2) is 0 Å². The lowest BCUT2D eigenvalue weighted by atomic mass is 9.77. The number of carbonyl (C=O) groups is 4. The molecule has 2 amide bonds. The zero-order valence-electron chi connectivity index (χ0n) is 20.4. The Morgan fingerprint density at radius 2 is 1.58 bits per heavy atom. The molecular formula is C25H41NO4S. The molecular weight excluding hydrogens is 410 g/mol. The van der Waals surface area contributed by atoms with Crippen LogP contribution in [0.2, 0.25) is 0 Å². The van der Waals surface area contributed by atoms with E-state index in [4.69, 9.17) is 0 Å². The van der Waals surface area contributed by atoms with Gasteiger partial charge in [-0.2, -0.15) is 0 Å². The number of nitrogens with zero attached hydrogens (tertiary/aromatic N) is 1. The molecule has 31 heavy (non-hydrogen) atoms. The van der Waals surface area contributed by atoms with Gasteiger partial charge in [0.2, 0.25) is 11.8 Å². The Hall–Kier alpha value is -1.17. The fourth-order valence-electron chi connectivity index (χ4n) is 5.14. The number of hydrogen-bond acceptors (Lipinski definition) is 5. The van der Waals surface area contributed by atoms with Gasteiger partial charge in [0.05, 0.1) is 5.25 Å². The number of carbonyl (C=O) groups excluding carboxylic acids is 4. The Kier molecular flexibility index (Phi) is 8.95. The fraction of sp³-hybridized carbons (Fsp3) is 0.840. The number of ketones is 2. The van der Waals surface area contributed by atoms with Gasteiger partial charge in [0.1, 0.15) is 11.6 Å². The van der Waals surface area contributed by atoms with Crippen LogP contribution in [-0.4, -0.2) is 44.8 Å². The maximum atomic E-state index is 13.0. The topological polar surface area (TPSA) is 71.5 Å². The molecule has 1 saturated carbocycles. The molecule has 0 spiro atoms. The quantitative estimate of drug-likeness (QED) is 0.441. The van der Waals surface area contributed by atoms with Gasteiger partial charge in [-0.15, -0.1) is 11.8 Å². The Labute approximate surface area is 192 Å². The van der Waals surface area contributed by atoms with Crippen molar-refractivity contribution >= 4 is 35.1 Å². The molecule has 0 N–H and O–H groups in total. The number of rotatable bonds is 10. The van der Waals surface area contributed by atoms with Crippen molar-refractivity contribution in [2.75, 3.05) is 6.54 Å². The van der Waals surface area contributed by atoms with Crippen molar-refractivity contribution in [1.29, 1.82) is 0 Å². The highest BCUT2D eigenvalue weighted by atomic mass is 32.2. The lowest BCUT2D eigenvalue weighted by Crippen LogP contribution is -2.38. The highest BCUT2D eigenvalue weighted by Gasteiger charge is 2.43. The molecule has 2 rings (SSSR count). The van der Waals surface area contributed by atoms with Crippen molar-refractivity contribution in [2.24, 2.45) is 29.6 Å². The summed E-state index contributed by atoms with van der Waals surface area (Å²) >= 11 is 1.54. The average Bonchev–Trinajstić information content (AvgIpc) is 2.93. The van der Waals surface area contributed by atoms with Crippen LogP contribution >= 0.6 is 11.8 Å². The van der Waals surface area contributed by atoms with E-state index in [1.807, 2.05) is 34.6 Å². The molecule has 2 atom stereocenters. The minimum Gasteiger partial charge on any atom is -0.299 e. The molecule has 5 nitrogen and oxygen atoms in total. The fourth-order valence-corrected chi connectivity index (χ4v) is 6.71. The third-order valence-electron chi connectivity index (χ3n) is 6.78. The summed E-state index contributed by atoms with van der Waals surface area (Å²) in [5, 5.41) is -0.359. The van der Waals surface area contributed by atoms with Gasteiger partial charge in [0, 0.05) is 41.4 Å². The predicted molar refractivity (Wildman–Crippen MR) is 126 cm³/mol. The third-order valence-corrected chi connectivity index (χ3v) is 8.23. The van der Waals surface area contributed by atoms with E-state index in [1.54, 1.807) is 11.8 Å². The molecule has 0 radical (unpaired) electrons. The van der Waals surface area contributed by atoms with Gasteiger partial charge in [-0.25, -0.2) is 0 Å². The average molecular weight is 452 g/mol. The van der Waals surface area contributed by atoms with E-state index in [-0.39, 0.29) is 57.7 Å². The zero-order chi connectivity index (χ0) is 23.5. The van der Waals surface area contributed by atoms with Crippen LogP contribution in [0.5, 0.6) is 0 Å². The lowest BCUT2D eigenvalue weighted by molar-refractivity contribution is -0.139. The maximum absolute atomic E-state index is 13.0. The molecule has 6 heteroatoms. The number of imide groups is 1. The van der Waals surface area contributed by atoms with Crippen LogP contribution in [0.1, 0.15) is 87.0 Å². The molecule has 2 aliphatic rings. The Balaban J connectivity index is 1.90. The zero-order valence-corrected chi connectivity index (χ0v) is 21.2. The van der Waals surface area contributed by atoms with Crippen molar-refractivity contribution in [3.63, 3.8) is 0 Å². The molecule has 0 bridgehead atoms. The maximum Gasteiger partial charge on any atom is 0.242 e. The molecule has 0 aromatic rings. The molecule has 1 aliphatic carbocycles. The third kappa shape index (κ3) is 6.90. The molecule has 2 unspecified atom stereocenters. The molecule has 1 saturated heterocycles. The second-order valence-electron chi connectivity index (χ2n) is 10.8. The van der Waals surface area contributed by atoms with E-state index < -0.39 is 0 Å². The van der Waals surface area contributed by atoms with E-state index in [9.17, 15) is 19.2 Å². The first kappa shape index (κ1) is 26.1. The van der Waals surface area contributed by atoms with E-state index in [2.05, 4.69) is 13.8 Å². The molecule has 0 aromatic heterocycles. The lowest BCUT2D eigenvalue weighted by Gasteiger charge is -2.31. The van der Waals surface area contributed by atoms with Crippen LogP contribution in [0.3, 0.4) is 0 Å². The summed E-state index contributed by atoms with van der Waals surface area (Å²) in [6.45, 7) is 14.3.